The van der Waals surface area contributed by atoms with Crippen molar-refractivity contribution in [3.05, 3.63) is 0 Å². The monoisotopic (exact) mass is 630 g/mol. The number of unbranched alkanes of at least 4 members (excludes halogenated alkanes) is 30. The molecule has 0 fully saturated rings. The number of hydrogen-bond donors (Lipinski definition) is 1. The number of hydroxylamine groups is 2. The van der Waals surface area contributed by atoms with E-state index in [1.165, 1.54) is 222 Å². The van der Waals surface area contributed by atoms with Gasteiger partial charge in [-0.25, -0.2) is 0 Å². The number of nitrogens with zero attached hydrogens (tertiary/aromatic N) is 1. The molecule has 0 aromatic rings. The second-order valence-corrected chi connectivity index (χ2v) is 15.3. The van der Waals surface area contributed by atoms with Gasteiger partial charge >= 0.3 is 0 Å². The standard InChI is InChI=1S/C38H79NOS2/c1-3-5-7-9-11-13-15-17-19-21-23-25-27-29-31-33-35-41-37-39(40)38-42-36-34-32-30-28-26-24-22-20-18-16-14-12-10-8-6-4-2/h40H,3-38H2,1-2H3. The summed E-state index contributed by atoms with van der Waals surface area (Å²) in [7, 11) is 0. The maximum atomic E-state index is 10.1. The van der Waals surface area contributed by atoms with E-state index in [1.807, 2.05) is 23.5 Å². The van der Waals surface area contributed by atoms with E-state index in [0.717, 1.165) is 11.8 Å². The SMILES string of the molecule is CCCCCCCCCCCCCCCCCCSCN(O)CSCCCCCCCCCCCCCCCCCC. The molecule has 0 aliphatic rings. The van der Waals surface area contributed by atoms with Crippen LogP contribution in [0.1, 0.15) is 219 Å². The van der Waals surface area contributed by atoms with Crippen molar-refractivity contribution in [3.8, 4) is 0 Å². The van der Waals surface area contributed by atoms with Crippen LogP contribution in [0.2, 0.25) is 0 Å². The molecule has 0 aliphatic carbocycles. The molecule has 0 aromatic carbocycles. The Labute approximate surface area is 275 Å². The summed E-state index contributed by atoms with van der Waals surface area (Å²) in [6.45, 7) is 4.60. The third-order valence-corrected chi connectivity index (χ3v) is 10.9. The third kappa shape index (κ3) is 38.6. The Morgan fingerprint density at radius 2 is 0.500 bits per heavy atom. The molecule has 0 radical (unpaired) electrons. The van der Waals surface area contributed by atoms with Crippen LogP contribution in [0.5, 0.6) is 0 Å². The summed E-state index contributed by atoms with van der Waals surface area (Å²) in [6, 6.07) is 0. The van der Waals surface area contributed by atoms with Gasteiger partial charge < -0.3 is 5.21 Å². The lowest BCUT2D eigenvalue weighted by molar-refractivity contribution is -0.0516. The molecule has 42 heavy (non-hydrogen) atoms. The molecule has 0 saturated heterocycles. The van der Waals surface area contributed by atoms with Crippen molar-refractivity contribution in [2.75, 3.05) is 23.3 Å². The van der Waals surface area contributed by atoms with Crippen LogP contribution in [-0.2, 0) is 0 Å². The first kappa shape index (κ1) is 42.6. The topological polar surface area (TPSA) is 23.5 Å². The first-order chi connectivity index (χ1) is 20.8. The van der Waals surface area contributed by atoms with E-state index in [0.29, 0.717) is 0 Å². The molecule has 1 N–H and O–H groups in total. The minimum absolute atomic E-state index is 0.769. The fraction of sp³-hybridized carbons (Fsp3) is 1.00. The molecule has 2 nitrogen and oxygen atoms in total. The van der Waals surface area contributed by atoms with E-state index in [4.69, 9.17) is 0 Å². The summed E-state index contributed by atoms with van der Waals surface area (Å²) in [6.07, 6.45) is 45.7. The van der Waals surface area contributed by atoms with E-state index in [1.54, 1.807) is 0 Å². The van der Waals surface area contributed by atoms with Crippen molar-refractivity contribution in [2.45, 2.75) is 219 Å². The Kier molecular flexibility index (Phi) is 40.2. The zero-order chi connectivity index (χ0) is 30.4. The summed E-state index contributed by atoms with van der Waals surface area (Å²) in [5, 5.41) is 11.6. The molecule has 0 heterocycles. The van der Waals surface area contributed by atoms with Crippen LogP contribution in [-0.4, -0.2) is 33.5 Å². The van der Waals surface area contributed by atoms with Crippen LogP contribution in [0.4, 0.5) is 0 Å². The van der Waals surface area contributed by atoms with Crippen LogP contribution in [0.25, 0.3) is 0 Å². The molecule has 0 rings (SSSR count). The number of thioether (sulfide) groups is 2. The molecule has 0 aromatic heterocycles. The van der Waals surface area contributed by atoms with Gasteiger partial charge in [0, 0.05) is 0 Å². The van der Waals surface area contributed by atoms with Crippen molar-refractivity contribution in [3.63, 3.8) is 0 Å². The van der Waals surface area contributed by atoms with Crippen LogP contribution < -0.4 is 0 Å². The quantitative estimate of drug-likeness (QED) is 0.0417. The van der Waals surface area contributed by atoms with Gasteiger partial charge in [0.15, 0.2) is 0 Å². The van der Waals surface area contributed by atoms with Gasteiger partial charge in [-0.2, -0.15) is 5.06 Å². The highest BCUT2D eigenvalue weighted by molar-refractivity contribution is 8.00. The Hall–Kier alpha value is 0.620. The lowest BCUT2D eigenvalue weighted by Gasteiger charge is -2.13. The number of hydrogen-bond acceptors (Lipinski definition) is 4. The maximum Gasteiger partial charge on any atom is 0.0703 e. The normalized spacial score (nSPS) is 11.7. The van der Waals surface area contributed by atoms with Gasteiger partial charge in [0.25, 0.3) is 0 Å². The lowest BCUT2D eigenvalue weighted by Crippen LogP contribution is -2.18. The van der Waals surface area contributed by atoms with Crippen molar-refractivity contribution in [1.82, 2.24) is 5.06 Å². The fourth-order valence-electron chi connectivity index (χ4n) is 5.88. The Morgan fingerprint density at radius 1 is 0.310 bits per heavy atom. The van der Waals surface area contributed by atoms with Crippen molar-refractivity contribution < 1.29 is 5.21 Å². The maximum absolute atomic E-state index is 10.1. The molecule has 4 heteroatoms. The molecule has 0 bridgehead atoms. The van der Waals surface area contributed by atoms with Crippen LogP contribution in [0.3, 0.4) is 0 Å². The van der Waals surface area contributed by atoms with Gasteiger partial charge in [-0.05, 0) is 24.3 Å². The first-order valence-electron chi connectivity index (χ1n) is 19.4. The molecule has 0 aliphatic heterocycles. The molecule has 0 spiro atoms. The van der Waals surface area contributed by atoms with E-state index >= 15 is 0 Å². The summed E-state index contributed by atoms with van der Waals surface area (Å²) in [5.74, 6) is 3.92. The third-order valence-electron chi connectivity index (χ3n) is 8.77. The van der Waals surface area contributed by atoms with Crippen molar-refractivity contribution in [2.24, 2.45) is 0 Å². The van der Waals surface area contributed by atoms with E-state index < -0.39 is 0 Å². The second kappa shape index (κ2) is 39.6. The average molecular weight is 630 g/mol. The largest absolute Gasteiger partial charge is 0.312 e. The van der Waals surface area contributed by atoms with Gasteiger partial charge in [-0.1, -0.05) is 206 Å². The summed E-state index contributed by atoms with van der Waals surface area (Å²) < 4.78 is 0. The zero-order valence-corrected chi connectivity index (χ0v) is 30.8. The van der Waals surface area contributed by atoms with Gasteiger partial charge in [0.2, 0.25) is 0 Å². The molecule has 0 unspecified atom stereocenters. The Balaban J connectivity index is 3.13. The van der Waals surface area contributed by atoms with E-state index in [9.17, 15) is 5.21 Å². The Morgan fingerprint density at radius 3 is 0.714 bits per heavy atom. The molecular weight excluding hydrogens is 551 g/mol. The molecule has 254 valence electrons. The molecule has 0 amide bonds. The summed E-state index contributed by atoms with van der Waals surface area (Å²) in [5.41, 5.74) is 0. The van der Waals surface area contributed by atoms with Gasteiger partial charge in [0.1, 0.15) is 0 Å². The minimum atomic E-state index is 0.769. The predicted molar refractivity (Wildman–Crippen MR) is 197 cm³/mol. The zero-order valence-electron chi connectivity index (χ0n) is 29.2. The van der Waals surface area contributed by atoms with Gasteiger partial charge in [-0.3, -0.25) is 0 Å². The smallest absolute Gasteiger partial charge is 0.0703 e. The number of rotatable bonds is 38. The highest BCUT2D eigenvalue weighted by Gasteiger charge is 2.01. The second-order valence-electron chi connectivity index (χ2n) is 13.2. The van der Waals surface area contributed by atoms with E-state index in [2.05, 4.69) is 13.8 Å². The molecular formula is C38H79NOS2. The average Bonchev–Trinajstić information content (AvgIpc) is 3.00. The van der Waals surface area contributed by atoms with Crippen molar-refractivity contribution in [1.29, 1.82) is 0 Å². The highest BCUT2D eigenvalue weighted by atomic mass is 32.2. The Bertz CT molecular complexity index is 424. The van der Waals surface area contributed by atoms with Crippen LogP contribution in [0, 0.1) is 0 Å². The highest BCUT2D eigenvalue weighted by Crippen LogP contribution is 2.17. The first-order valence-corrected chi connectivity index (χ1v) is 21.7. The van der Waals surface area contributed by atoms with Crippen LogP contribution >= 0.6 is 23.5 Å². The van der Waals surface area contributed by atoms with Crippen LogP contribution in [0.15, 0.2) is 0 Å². The van der Waals surface area contributed by atoms with Gasteiger partial charge in [-0.15, -0.1) is 23.5 Å². The van der Waals surface area contributed by atoms with E-state index in [-0.39, 0.29) is 0 Å². The molecule has 0 saturated carbocycles. The lowest BCUT2D eigenvalue weighted by atomic mass is 10.0. The summed E-state index contributed by atoms with van der Waals surface area (Å²) >= 11 is 3.80. The molecule has 0 atom stereocenters. The predicted octanol–water partition coefficient (Wildman–Crippen LogP) is 14.6. The van der Waals surface area contributed by atoms with Crippen molar-refractivity contribution >= 4 is 23.5 Å². The summed E-state index contributed by atoms with van der Waals surface area (Å²) in [4.78, 5) is 0. The fourth-order valence-corrected chi connectivity index (χ4v) is 7.68. The van der Waals surface area contributed by atoms with Gasteiger partial charge in [0.05, 0.1) is 11.8 Å². The minimum Gasteiger partial charge on any atom is -0.312 e.